The maximum Gasteiger partial charge on any atom is 0.244 e. The fraction of sp³-hybridized carbons (Fsp3) is 0.357. The van der Waals surface area contributed by atoms with Crippen LogP contribution in [0.25, 0.3) is 11.0 Å². The van der Waals surface area contributed by atoms with Gasteiger partial charge in [0.15, 0.2) is 0 Å². The van der Waals surface area contributed by atoms with Crippen molar-refractivity contribution in [3.8, 4) is 6.07 Å². The van der Waals surface area contributed by atoms with Crippen molar-refractivity contribution < 1.29 is 4.79 Å². The molecule has 2 aromatic rings. The molecule has 2 rings (SSSR count). The maximum atomic E-state index is 12.1. The summed E-state index contributed by atoms with van der Waals surface area (Å²) in [6.45, 7) is 3.72. The van der Waals surface area contributed by atoms with Gasteiger partial charge in [0.25, 0.3) is 0 Å². The van der Waals surface area contributed by atoms with Crippen LogP contribution in [-0.2, 0) is 4.79 Å². The number of rotatable bonds is 3. The van der Waals surface area contributed by atoms with Crippen LogP contribution in [0.2, 0.25) is 0 Å². The number of aromatic nitrogens is 2. The van der Waals surface area contributed by atoms with Crippen LogP contribution >= 0.6 is 0 Å². The lowest BCUT2D eigenvalue weighted by Gasteiger charge is -2.19. The quantitative estimate of drug-likeness (QED) is 0.916. The second-order valence-electron chi connectivity index (χ2n) is 4.51. The number of carbonyl (C=O) groups excluding carboxylic acids is 1. The fourth-order valence-corrected chi connectivity index (χ4v) is 2.02. The van der Waals surface area contributed by atoms with E-state index in [9.17, 15) is 4.79 Å². The van der Waals surface area contributed by atoms with Crippen molar-refractivity contribution >= 4 is 22.6 Å². The van der Waals surface area contributed by atoms with Crippen LogP contribution in [0.3, 0.4) is 0 Å². The third-order valence-corrected chi connectivity index (χ3v) is 3.16. The van der Waals surface area contributed by atoms with Crippen molar-refractivity contribution in [1.82, 2.24) is 9.97 Å². The van der Waals surface area contributed by atoms with E-state index >= 15 is 0 Å². The minimum atomic E-state index is -0.593. The highest BCUT2D eigenvalue weighted by molar-refractivity contribution is 5.97. The van der Waals surface area contributed by atoms with Gasteiger partial charge in [-0.1, -0.05) is 6.92 Å². The van der Waals surface area contributed by atoms with E-state index in [1.165, 1.54) is 4.90 Å². The summed E-state index contributed by atoms with van der Waals surface area (Å²) in [7, 11) is 1.69. The number of aromatic amines is 1. The molecule has 19 heavy (non-hydrogen) atoms. The molecule has 1 aromatic heterocycles. The topological polar surface area (TPSA) is 72.8 Å². The Morgan fingerprint density at radius 2 is 2.32 bits per heavy atom. The van der Waals surface area contributed by atoms with Crippen molar-refractivity contribution in [2.24, 2.45) is 5.92 Å². The molecule has 0 aliphatic heterocycles. The van der Waals surface area contributed by atoms with Gasteiger partial charge in [0, 0.05) is 12.7 Å². The van der Waals surface area contributed by atoms with Gasteiger partial charge in [-0.15, -0.1) is 0 Å². The number of nitrogens with zero attached hydrogens (tertiary/aromatic N) is 3. The predicted molar refractivity (Wildman–Crippen MR) is 73.6 cm³/mol. The lowest BCUT2D eigenvalue weighted by atomic mass is 10.1. The Bertz CT molecular complexity index is 653. The van der Waals surface area contributed by atoms with Crippen LogP contribution in [0.4, 0.5) is 5.69 Å². The van der Waals surface area contributed by atoms with E-state index in [0.29, 0.717) is 6.42 Å². The van der Waals surface area contributed by atoms with E-state index in [1.807, 2.05) is 38.1 Å². The molecule has 0 radical (unpaired) electrons. The van der Waals surface area contributed by atoms with Crippen molar-refractivity contribution in [3.63, 3.8) is 0 Å². The van der Waals surface area contributed by atoms with Gasteiger partial charge in [0.05, 0.1) is 17.1 Å². The van der Waals surface area contributed by atoms with E-state index in [0.717, 1.165) is 22.5 Å². The molecular weight excluding hydrogens is 240 g/mol. The lowest BCUT2D eigenvalue weighted by Crippen LogP contribution is -2.31. The predicted octanol–water partition coefficient (Wildman–Crippen LogP) is 2.38. The Morgan fingerprint density at radius 1 is 1.58 bits per heavy atom. The first-order chi connectivity index (χ1) is 9.06. The number of anilines is 1. The Morgan fingerprint density at radius 3 is 2.95 bits per heavy atom. The van der Waals surface area contributed by atoms with Gasteiger partial charge >= 0.3 is 0 Å². The third-order valence-electron chi connectivity index (χ3n) is 3.16. The molecule has 98 valence electrons. The molecule has 5 heteroatoms. The normalized spacial score (nSPS) is 12.1. The molecule has 1 aromatic carbocycles. The first kappa shape index (κ1) is 13.1. The molecule has 0 spiro atoms. The van der Waals surface area contributed by atoms with Crippen molar-refractivity contribution in [2.45, 2.75) is 20.3 Å². The van der Waals surface area contributed by atoms with Crippen molar-refractivity contribution in [2.75, 3.05) is 11.9 Å². The summed E-state index contributed by atoms with van der Waals surface area (Å²) in [5, 5.41) is 8.95. The number of nitriles is 1. The van der Waals surface area contributed by atoms with Crippen LogP contribution < -0.4 is 4.90 Å². The second-order valence-corrected chi connectivity index (χ2v) is 4.51. The van der Waals surface area contributed by atoms with Crippen LogP contribution in [0, 0.1) is 24.2 Å². The van der Waals surface area contributed by atoms with Gasteiger partial charge < -0.3 is 9.88 Å². The van der Waals surface area contributed by atoms with E-state index < -0.39 is 5.92 Å². The van der Waals surface area contributed by atoms with Gasteiger partial charge in [0.2, 0.25) is 5.91 Å². The zero-order valence-electron chi connectivity index (χ0n) is 11.3. The fourth-order valence-electron chi connectivity index (χ4n) is 2.02. The second kappa shape index (κ2) is 5.11. The highest BCUT2D eigenvalue weighted by atomic mass is 16.2. The van der Waals surface area contributed by atoms with E-state index in [2.05, 4.69) is 9.97 Å². The summed E-state index contributed by atoms with van der Waals surface area (Å²) in [4.78, 5) is 21.1. The Balaban J connectivity index is 2.33. The number of aryl methyl sites for hydroxylation is 1. The molecule has 1 heterocycles. The lowest BCUT2D eigenvalue weighted by molar-refractivity contribution is -0.120. The average molecular weight is 256 g/mol. The summed E-state index contributed by atoms with van der Waals surface area (Å²) >= 11 is 0. The first-order valence-corrected chi connectivity index (χ1v) is 6.20. The van der Waals surface area contributed by atoms with E-state index in [-0.39, 0.29) is 5.91 Å². The number of H-pyrrole nitrogens is 1. The molecule has 0 aliphatic carbocycles. The summed E-state index contributed by atoms with van der Waals surface area (Å²) in [5.41, 5.74) is 2.52. The van der Waals surface area contributed by atoms with Gasteiger partial charge in [-0.3, -0.25) is 4.79 Å². The van der Waals surface area contributed by atoms with Crippen LogP contribution in [0.1, 0.15) is 19.2 Å². The number of hydrogen-bond donors (Lipinski definition) is 1. The minimum absolute atomic E-state index is 0.180. The zero-order chi connectivity index (χ0) is 14.0. The highest BCUT2D eigenvalue weighted by Crippen LogP contribution is 2.21. The molecule has 1 unspecified atom stereocenters. The highest BCUT2D eigenvalue weighted by Gasteiger charge is 2.21. The number of fused-ring (bicyclic) bond motifs is 1. The van der Waals surface area contributed by atoms with Gasteiger partial charge in [-0.05, 0) is 31.5 Å². The average Bonchev–Trinajstić information content (AvgIpc) is 2.78. The van der Waals surface area contributed by atoms with Crippen LogP contribution in [0.5, 0.6) is 0 Å². The molecule has 1 N–H and O–H groups in total. The number of carbonyl (C=O) groups is 1. The van der Waals surface area contributed by atoms with Gasteiger partial charge in [-0.2, -0.15) is 5.26 Å². The summed E-state index contributed by atoms with van der Waals surface area (Å²) < 4.78 is 0. The number of nitrogens with one attached hydrogen (secondary N) is 1. The Kier molecular flexibility index (Phi) is 3.52. The SMILES string of the molecule is CCC(C#N)C(=O)N(C)c1ccc2nc(C)[nH]c2c1. The van der Waals surface area contributed by atoms with Crippen molar-refractivity contribution in [3.05, 3.63) is 24.0 Å². The zero-order valence-corrected chi connectivity index (χ0v) is 11.3. The Labute approximate surface area is 111 Å². The van der Waals surface area contributed by atoms with E-state index in [1.54, 1.807) is 7.05 Å². The van der Waals surface area contributed by atoms with E-state index in [4.69, 9.17) is 5.26 Å². The molecule has 0 bridgehead atoms. The van der Waals surface area contributed by atoms with Crippen molar-refractivity contribution in [1.29, 1.82) is 5.26 Å². The number of hydrogen-bond acceptors (Lipinski definition) is 3. The molecule has 0 saturated heterocycles. The summed E-state index contributed by atoms with van der Waals surface area (Å²) in [5.74, 6) is 0.0642. The first-order valence-electron chi connectivity index (χ1n) is 6.20. The molecule has 1 amide bonds. The third kappa shape index (κ3) is 2.43. The van der Waals surface area contributed by atoms with Gasteiger partial charge in [0.1, 0.15) is 11.7 Å². The smallest absolute Gasteiger partial charge is 0.244 e. The number of imidazole rings is 1. The largest absolute Gasteiger partial charge is 0.342 e. The molecule has 0 fully saturated rings. The monoisotopic (exact) mass is 256 g/mol. The molecular formula is C14H16N4O. The summed E-state index contributed by atoms with van der Waals surface area (Å²) in [6, 6.07) is 7.61. The minimum Gasteiger partial charge on any atom is -0.342 e. The van der Waals surface area contributed by atoms with Gasteiger partial charge in [-0.25, -0.2) is 4.98 Å². The summed E-state index contributed by atoms with van der Waals surface area (Å²) in [6.07, 6.45) is 0.519. The van der Waals surface area contributed by atoms with Crippen LogP contribution in [0.15, 0.2) is 18.2 Å². The van der Waals surface area contributed by atoms with Crippen LogP contribution in [-0.4, -0.2) is 22.9 Å². The molecule has 0 saturated carbocycles. The number of amides is 1. The molecule has 1 atom stereocenters. The molecule has 0 aliphatic rings. The Hall–Kier alpha value is -2.35. The standard InChI is InChI=1S/C14H16N4O/c1-4-10(8-15)14(19)18(3)11-5-6-12-13(7-11)17-9(2)16-12/h5-7,10H,4H2,1-3H3,(H,16,17). The number of benzene rings is 1. The molecule has 5 nitrogen and oxygen atoms in total. The maximum absolute atomic E-state index is 12.1.